The lowest BCUT2D eigenvalue weighted by atomic mass is 10.1. The van der Waals surface area contributed by atoms with Crippen molar-refractivity contribution in [2.75, 3.05) is 19.9 Å². The van der Waals surface area contributed by atoms with Crippen LogP contribution in [0.5, 0.6) is 0 Å². The second kappa shape index (κ2) is 6.02. The van der Waals surface area contributed by atoms with E-state index in [0.29, 0.717) is 25.6 Å². The molecule has 5 heteroatoms. The minimum atomic E-state index is -0.111. The maximum Gasteiger partial charge on any atom is 0.267 e. The van der Waals surface area contributed by atoms with Gasteiger partial charge in [0.1, 0.15) is 12.5 Å². The second-order valence-electron chi connectivity index (χ2n) is 5.74. The Morgan fingerprint density at radius 2 is 2.13 bits per heavy atom. The Morgan fingerprint density at radius 3 is 3.00 bits per heavy atom. The first kappa shape index (κ1) is 14.2. The van der Waals surface area contributed by atoms with Crippen LogP contribution < -0.4 is 5.32 Å². The van der Waals surface area contributed by atoms with Crippen LogP contribution in [0.15, 0.2) is 42.5 Å². The molecule has 1 aliphatic heterocycles. The highest BCUT2D eigenvalue weighted by atomic mass is 16.7. The molecule has 0 unspecified atom stereocenters. The van der Waals surface area contributed by atoms with E-state index in [-0.39, 0.29) is 12.0 Å². The fraction of sp³-hybridized carbons (Fsp3) is 0.278. The van der Waals surface area contributed by atoms with Gasteiger partial charge in [-0.1, -0.05) is 30.3 Å². The molecule has 0 bridgehead atoms. The molecule has 2 heterocycles. The monoisotopic (exact) mass is 310 g/mol. The van der Waals surface area contributed by atoms with Crippen molar-refractivity contribution in [3.05, 3.63) is 48.2 Å². The summed E-state index contributed by atoms with van der Waals surface area (Å²) >= 11 is 0. The molecule has 0 aliphatic carbocycles. The van der Waals surface area contributed by atoms with E-state index in [4.69, 9.17) is 9.47 Å². The molecular weight excluding hydrogens is 292 g/mol. The van der Waals surface area contributed by atoms with Crippen LogP contribution >= 0.6 is 0 Å². The summed E-state index contributed by atoms with van der Waals surface area (Å²) in [6, 6.07) is 14.2. The van der Waals surface area contributed by atoms with Gasteiger partial charge in [0, 0.05) is 17.4 Å². The Bertz CT molecular complexity index is 850. The molecule has 118 valence electrons. The summed E-state index contributed by atoms with van der Waals surface area (Å²) in [7, 11) is 0. The van der Waals surface area contributed by atoms with Crippen molar-refractivity contribution in [2.24, 2.45) is 0 Å². The molecule has 1 aliphatic rings. The summed E-state index contributed by atoms with van der Waals surface area (Å²) < 4.78 is 10.6. The first-order valence-corrected chi connectivity index (χ1v) is 7.79. The number of rotatable bonds is 3. The minimum Gasteiger partial charge on any atom is -0.355 e. The van der Waals surface area contributed by atoms with E-state index in [2.05, 4.69) is 28.5 Å². The quantitative estimate of drug-likeness (QED) is 0.782. The van der Waals surface area contributed by atoms with Crippen LogP contribution in [0.4, 0.5) is 0 Å². The van der Waals surface area contributed by atoms with Crippen LogP contribution in [-0.2, 0) is 9.47 Å². The molecule has 0 radical (unpaired) electrons. The molecule has 2 N–H and O–H groups in total. The number of hydrogen-bond acceptors (Lipinski definition) is 3. The number of nitrogens with one attached hydrogen (secondary N) is 2. The van der Waals surface area contributed by atoms with Crippen molar-refractivity contribution in [1.82, 2.24) is 10.3 Å². The molecule has 0 saturated carbocycles. The molecule has 3 aromatic rings. The predicted molar refractivity (Wildman–Crippen MR) is 88.4 cm³/mol. The maximum atomic E-state index is 12.4. The number of aromatic nitrogens is 1. The van der Waals surface area contributed by atoms with Crippen molar-refractivity contribution in [1.29, 1.82) is 0 Å². The van der Waals surface area contributed by atoms with Gasteiger partial charge in [-0.05, 0) is 29.3 Å². The number of hydrogen-bond donors (Lipinski definition) is 2. The van der Waals surface area contributed by atoms with Gasteiger partial charge >= 0.3 is 0 Å². The zero-order valence-corrected chi connectivity index (χ0v) is 12.7. The Hall–Kier alpha value is -2.37. The van der Waals surface area contributed by atoms with Gasteiger partial charge in [0.15, 0.2) is 0 Å². The maximum absolute atomic E-state index is 12.4. The van der Waals surface area contributed by atoms with Crippen LogP contribution in [-0.4, -0.2) is 36.9 Å². The lowest BCUT2D eigenvalue weighted by molar-refractivity contribution is -0.136. The van der Waals surface area contributed by atoms with Crippen LogP contribution in [0, 0.1) is 0 Å². The van der Waals surface area contributed by atoms with Crippen molar-refractivity contribution in [3.63, 3.8) is 0 Å². The lowest BCUT2D eigenvalue weighted by Crippen LogP contribution is -2.37. The van der Waals surface area contributed by atoms with Crippen molar-refractivity contribution < 1.29 is 14.3 Å². The zero-order valence-electron chi connectivity index (χ0n) is 12.7. The fourth-order valence-corrected chi connectivity index (χ4v) is 2.97. The van der Waals surface area contributed by atoms with E-state index >= 15 is 0 Å². The number of fused-ring (bicyclic) bond motifs is 3. The summed E-state index contributed by atoms with van der Waals surface area (Å²) in [6.45, 7) is 1.48. The Kier molecular flexibility index (Phi) is 3.73. The number of carbonyl (C=O) groups excluding carboxylic acids is 1. The third-order valence-electron chi connectivity index (χ3n) is 4.23. The normalized spacial score (nSPS) is 18.3. The number of ether oxygens (including phenoxy) is 2. The SMILES string of the molecule is O=C(NC[C@@H]1CCOCO1)c1cc2c(ccc3ccccc32)[nH]1. The third kappa shape index (κ3) is 2.81. The first-order valence-electron chi connectivity index (χ1n) is 7.79. The number of amides is 1. The molecule has 1 saturated heterocycles. The second-order valence-corrected chi connectivity index (χ2v) is 5.74. The van der Waals surface area contributed by atoms with Gasteiger partial charge in [-0.25, -0.2) is 0 Å². The molecule has 4 rings (SSSR count). The van der Waals surface area contributed by atoms with Crippen molar-refractivity contribution >= 4 is 27.6 Å². The summed E-state index contributed by atoms with van der Waals surface area (Å²) in [5.41, 5.74) is 1.54. The molecule has 0 spiro atoms. The van der Waals surface area contributed by atoms with Crippen molar-refractivity contribution in [3.8, 4) is 0 Å². The van der Waals surface area contributed by atoms with Crippen LogP contribution in [0.25, 0.3) is 21.7 Å². The highest BCUT2D eigenvalue weighted by Crippen LogP contribution is 2.25. The van der Waals surface area contributed by atoms with Gasteiger partial charge in [-0.2, -0.15) is 0 Å². The Labute approximate surface area is 133 Å². The van der Waals surface area contributed by atoms with Gasteiger partial charge in [-0.3, -0.25) is 4.79 Å². The van der Waals surface area contributed by atoms with Gasteiger partial charge < -0.3 is 19.8 Å². The van der Waals surface area contributed by atoms with E-state index < -0.39 is 0 Å². The summed E-state index contributed by atoms with van der Waals surface area (Å²) in [5.74, 6) is -0.111. The fourth-order valence-electron chi connectivity index (χ4n) is 2.97. The third-order valence-corrected chi connectivity index (χ3v) is 4.23. The average molecular weight is 310 g/mol. The largest absolute Gasteiger partial charge is 0.355 e. The molecule has 5 nitrogen and oxygen atoms in total. The molecule has 1 atom stereocenters. The van der Waals surface area contributed by atoms with E-state index in [1.807, 2.05) is 24.3 Å². The number of aromatic amines is 1. The molecular formula is C18H18N2O3. The van der Waals surface area contributed by atoms with Gasteiger partial charge in [0.2, 0.25) is 0 Å². The molecule has 1 amide bonds. The van der Waals surface area contributed by atoms with E-state index in [1.54, 1.807) is 0 Å². The smallest absolute Gasteiger partial charge is 0.267 e. The highest BCUT2D eigenvalue weighted by Gasteiger charge is 2.17. The number of carbonyl (C=O) groups is 1. The topological polar surface area (TPSA) is 63.4 Å². The average Bonchev–Trinajstić information content (AvgIpc) is 3.05. The van der Waals surface area contributed by atoms with E-state index in [0.717, 1.165) is 22.7 Å². The summed E-state index contributed by atoms with van der Waals surface area (Å²) in [6.07, 6.45) is 0.829. The standard InChI is InChI=1S/C18H18N2O3/c21-18(19-10-13-7-8-22-11-23-13)17-9-15-14-4-2-1-3-12(14)5-6-16(15)20-17/h1-6,9,13,20H,7-8,10-11H2,(H,19,21)/t13-/m0/s1. The highest BCUT2D eigenvalue weighted by molar-refractivity contribution is 6.09. The number of H-pyrrole nitrogens is 1. The zero-order chi connectivity index (χ0) is 15.6. The van der Waals surface area contributed by atoms with Gasteiger partial charge in [0.05, 0.1) is 12.7 Å². The molecule has 23 heavy (non-hydrogen) atoms. The van der Waals surface area contributed by atoms with Gasteiger partial charge in [0.25, 0.3) is 5.91 Å². The van der Waals surface area contributed by atoms with Gasteiger partial charge in [-0.15, -0.1) is 0 Å². The van der Waals surface area contributed by atoms with Crippen molar-refractivity contribution in [2.45, 2.75) is 12.5 Å². The van der Waals surface area contributed by atoms with E-state index in [1.165, 1.54) is 5.39 Å². The number of benzene rings is 2. The molecule has 2 aromatic carbocycles. The predicted octanol–water partition coefficient (Wildman–Crippen LogP) is 2.81. The molecule has 1 fully saturated rings. The summed E-state index contributed by atoms with van der Waals surface area (Å²) in [4.78, 5) is 15.6. The van der Waals surface area contributed by atoms with Crippen LogP contribution in [0.1, 0.15) is 16.9 Å². The first-order chi connectivity index (χ1) is 11.3. The lowest BCUT2D eigenvalue weighted by Gasteiger charge is -2.22. The Balaban J connectivity index is 1.56. The molecule has 1 aromatic heterocycles. The Morgan fingerprint density at radius 1 is 1.22 bits per heavy atom. The van der Waals surface area contributed by atoms with Crippen LogP contribution in [0.2, 0.25) is 0 Å². The van der Waals surface area contributed by atoms with E-state index in [9.17, 15) is 4.79 Å². The van der Waals surface area contributed by atoms with Crippen LogP contribution in [0.3, 0.4) is 0 Å². The summed E-state index contributed by atoms with van der Waals surface area (Å²) in [5, 5.41) is 6.31. The minimum absolute atomic E-state index is 0.0258.